The molecule has 0 saturated carbocycles. The van der Waals surface area contributed by atoms with Gasteiger partial charge >= 0.3 is 6.61 Å². The van der Waals surface area contributed by atoms with Gasteiger partial charge in [0.25, 0.3) is 0 Å². The first kappa shape index (κ1) is 19.4. The highest BCUT2D eigenvalue weighted by atomic mass is 79.9. The van der Waals surface area contributed by atoms with Crippen LogP contribution < -0.4 is 9.46 Å². The largest absolute Gasteiger partial charge is 0.598 e. The van der Waals surface area contributed by atoms with Gasteiger partial charge < -0.3 is 9.29 Å². The fourth-order valence-electron chi connectivity index (χ4n) is 1.75. The molecule has 1 N–H and O–H groups in total. The summed E-state index contributed by atoms with van der Waals surface area (Å²) in [4.78, 5) is 0. The molecule has 0 aromatic heterocycles. The molecule has 0 aliphatic heterocycles. The van der Waals surface area contributed by atoms with Crippen LogP contribution in [0.4, 0.5) is 8.78 Å². The van der Waals surface area contributed by atoms with E-state index in [1.807, 2.05) is 20.8 Å². The first-order chi connectivity index (χ1) is 10.2. The third-order valence-electron chi connectivity index (χ3n) is 2.79. The van der Waals surface area contributed by atoms with E-state index in [-0.39, 0.29) is 5.75 Å². The summed E-state index contributed by atoms with van der Waals surface area (Å²) in [5.74, 6) is 0.0506. The van der Waals surface area contributed by atoms with Crippen molar-refractivity contribution < 1.29 is 18.1 Å². The van der Waals surface area contributed by atoms with E-state index >= 15 is 0 Å². The molecule has 2 atom stereocenters. The second-order valence-corrected chi connectivity index (χ2v) is 8.46. The van der Waals surface area contributed by atoms with Gasteiger partial charge in [0.15, 0.2) is 0 Å². The molecule has 1 rings (SSSR count). The standard InChI is InChI=1S/C15H20BrF2NO2S/c1-5-7-11(19-22(20)15(2,3)4)13-10(16)8-6-9-12(13)21-14(17)18/h5-6,8-9,11,14,19H,1,7H2,2-4H3/t11-,22-/m0/s1. The van der Waals surface area contributed by atoms with E-state index in [1.165, 1.54) is 6.07 Å². The number of rotatable bonds is 7. The average Bonchev–Trinajstić information content (AvgIpc) is 2.36. The molecule has 1 aromatic carbocycles. The van der Waals surface area contributed by atoms with Crippen molar-refractivity contribution in [1.29, 1.82) is 0 Å². The molecule has 0 fully saturated rings. The minimum atomic E-state index is -2.93. The second kappa shape index (κ2) is 8.29. The number of alkyl halides is 2. The Morgan fingerprint density at radius 1 is 1.45 bits per heavy atom. The van der Waals surface area contributed by atoms with Crippen LogP contribution in [0.5, 0.6) is 5.75 Å². The molecule has 0 aliphatic carbocycles. The molecule has 1 aromatic rings. The summed E-state index contributed by atoms with van der Waals surface area (Å²) in [5.41, 5.74) is 0.500. The normalized spacial score (nSPS) is 14.7. The lowest BCUT2D eigenvalue weighted by molar-refractivity contribution is -0.0507. The molecule has 0 heterocycles. The predicted octanol–water partition coefficient (Wildman–Crippen LogP) is 4.72. The zero-order valence-corrected chi connectivity index (χ0v) is 15.1. The molecule has 22 heavy (non-hydrogen) atoms. The molecule has 0 radical (unpaired) electrons. The minimum absolute atomic E-state index is 0.0506. The van der Waals surface area contributed by atoms with Crippen LogP contribution in [0.3, 0.4) is 0 Å². The lowest BCUT2D eigenvalue weighted by Gasteiger charge is -2.29. The summed E-state index contributed by atoms with van der Waals surface area (Å²) >= 11 is 1.99. The maximum absolute atomic E-state index is 12.6. The van der Waals surface area contributed by atoms with Crippen LogP contribution in [0.25, 0.3) is 0 Å². The van der Waals surface area contributed by atoms with Crippen LogP contribution in [-0.2, 0) is 11.4 Å². The van der Waals surface area contributed by atoms with Crippen LogP contribution in [0.15, 0.2) is 35.3 Å². The smallest absolute Gasteiger partial charge is 0.387 e. The van der Waals surface area contributed by atoms with Gasteiger partial charge in [0.2, 0.25) is 0 Å². The molecule has 124 valence electrons. The Morgan fingerprint density at radius 2 is 2.09 bits per heavy atom. The van der Waals surface area contributed by atoms with E-state index in [4.69, 9.17) is 0 Å². The number of nitrogens with one attached hydrogen (secondary N) is 1. The Balaban J connectivity index is 3.17. The van der Waals surface area contributed by atoms with E-state index in [2.05, 4.69) is 32.0 Å². The fourth-order valence-corrected chi connectivity index (χ4v) is 3.20. The van der Waals surface area contributed by atoms with Crippen molar-refractivity contribution in [2.45, 2.75) is 44.6 Å². The summed E-state index contributed by atoms with van der Waals surface area (Å²) in [7, 11) is 0. The van der Waals surface area contributed by atoms with Gasteiger partial charge in [-0.05, 0) is 39.3 Å². The number of hydrogen-bond donors (Lipinski definition) is 1. The first-order valence-electron chi connectivity index (χ1n) is 6.69. The summed E-state index contributed by atoms with van der Waals surface area (Å²) in [5, 5.41) is 0. The topological polar surface area (TPSA) is 44.3 Å². The Kier molecular flexibility index (Phi) is 7.31. The predicted molar refractivity (Wildman–Crippen MR) is 89.4 cm³/mol. The zero-order chi connectivity index (χ0) is 16.9. The average molecular weight is 396 g/mol. The van der Waals surface area contributed by atoms with E-state index in [9.17, 15) is 13.3 Å². The molecule has 0 unspecified atom stereocenters. The quantitative estimate of drug-likeness (QED) is 0.536. The third-order valence-corrected chi connectivity index (χ3v) is 5.09. The highest BCUT2D eigenvalue weighted by molar-refractivity contribution is 9.10. The number of hydrogen-bond acceptors (Lipinski definition) is 3. The van der Waals surface area contributed by atoms with Gasteiger partial charge in [-0.2, -0.15) is 8.78 Å². The Hall–Kier alpha value is -0.630. The fraction of sp³-hybridized carbons (Fsp3) is 0.467. The summed E-state index contributed by atoms with van der Waals surface area (Å²) in [6.45, 7) is 6.24. The van der Waals surface area contributed by atoms with Crippen molar-refractivity contribution in [1.82, 2.24) is 4.72 Å². The molecule has 0 bridgehead atoms. The van der Waals surface area contributed by atoms with Crippen molar-refractivity contribution in [3.8, 4) is 5.75 Å². The maximum atomic E-state index is 12.6. The lowest BCUT2D eigenvalue weighted by atomic mass is 10.0. The summed E-state index contributed by atoms with van der Waals surface area (Å²) in [6, 6.07) is 4.34. The van der Waals surface area contributed by atoms with Gasteiger partial charge in [-0.15, -0.1) is 11.3 Å². The van der Waals surface area contributed by atoms with Crippen LogP contribution in [0.2, 0.25) is 0 Å². The molecular formula is C15H20BrF2NO2S. The van der Waals surface area contributed by atoms with Gasteiger partial charge in [-0.3, -0.25) is 0 Å². The Bertz CT molecular complexity index is 509. The van der Waals surface area contributed by atoms with Gasteiger partial charge in [0.05, 0.1) is 6.04 Å². The zero-order valence-electron chi connectivity index (χ0n) is 12.7. The minimum Gasteiger partial charge on any atom is -0.598 e. The van der Waals surface area contributed by atoms with Crippen LogP contribution >= 0.6 is 15.9 Å². The van der Waals surface area contributed by atoms with E-state index in [0.29, 0.717) is 16.5 Å². The summed E-state index contributed by atoms with van der Waals surface area (Å²) < 4.78 is 45.2. The first-order valence-corrected chi connectivity index (χ1v) is 8.63. The van der Waals surface area contributed by atoms with Crippen molar-refractivity contribution in [2.75, 3.05) is 0 Å². The SMILES string of the molecule is C=CC[C@H](N[S@@+]([O-])C(C)(C)C)c1c(Br)cccc1OC(F)F. The van der Waals surface area contributed by atoms with Crippen molar-refractivity contribution in [2.24, 2.45) is 0 Å². The number of halogens is 3. The van der Waals surface area contributed by atoms with Crippen molar-refractivity contribution in [3.05, 3.63) is 40.9 Å². The van der Waals surface area contributed by atoms with E-state index in [1.54, 1.807) is 18.2 Å². The monoisotopic (exact) mass is 395 g/mol. The molecule has 7 heteroatoms. The highest BCUT2D eigenvalue weighted by Crippen LogP contribution is 2.36. The van der Waals surface area contributed by atoms with Gasteiger partial charge in [0.1, 0.15) is 10.5 Å². The second-order valence-electron chi connectivity index (χ2n) is 5.61. The van der Waals surface area contributed by atoms with E-state index < -0.39 is 28.8 Å². The third kappa shape index (κ3) is 5.53. The molecule has 0 saturated heterocycles. The summed E-state index contributed by atoms with van der Waals surface area (Å²) in [6.07, 6.45) is 2.06. The van der Waals surface area contributed by atoms with Crippen LogP contribution in [-0.4, -0.2) is 15.9 Å². The number of ether oxygens (including phenoxy) is 1. The highest BCUT2D eigenvalue weighted by Gasteiger charge is 2.31. The van der Waals surface area contributed by atoms with Gasteiger partial charge in [-0.1, -0.05) is 28.1 Å². The Morgan fingerprint density at radius 3 is 2.59 bits per heavy atom. The molecule has 0 spiro atoms. The van der Waals surface area contributed by atoms with E-state index in [0.717, 1.165) is 0 Å². The van der Waals surface area contributed by atoms with Gasteiger partial charge in [0, 0.05) is 21.4 Å². The molecular weight excluding hydrogens is 376 g/mol. The number of benzene rings is 1. The van der Waals surface area contributed by atoms with Crippen LogP contribution in [0.1, 0.15) is 38.8 Å². The molecule has 0 aliphatic rings. The van der Waals surface area contributed by atoms with Crippen molar-refractivity contribution >= 4 is 27.3 Å². The Labute approximate surface area is 141 Å². The molecule has 3 nitrogen and oxygen atoms in total. The molecule has 0 amide bonds. The van der Waals surface area contributed by atoms with Gasteiger partial charge in [-0.25, -0.2) is 0 Å². The maximum Gasteiger partial charge on any atom is 0.387 e. The van der Waals surface area contributed by atoms with Crippen LogP contribution in [0, 0.1) is 0 Å². The lowest BCUT2D eigenvalue weighted by Crippen LogP contribution is -2.41. The van der Waals surface area contributed by atoms with Crippen molar-refractivity contribution in [3.63, 3.8) is 0 Å².